The van der Waals surface area contributed by atoms with Crippen molar-refractivity contribution in [1.29, 1.82) is 0 Å². The van der Waals surface area contributed by atoms with Gasteiger partial charge in [0.2, 0.25) is 5.95 Å². The molecule has 0 aromatic carbocycles. The van der Waals surface area contributed by atoms with E-state index >= 15 is 0 Å². The summed E-state index contributed by atoms with van der Waals surface area (Å²) in [5.41, 5.74) is 6.60. The molecule has 0 spiro atoms. The molecule has 2 heterocycles. The van der Waals surface area contributed by atoms with Gasteiger partial charge in [-0.05, 0) is 25.8 Å². The van der Waals surface area contributed by atoms with Gasteiger partial charge in [0, 0.05) is 24.8 Å². The van der Waals surface area contributed by atoms with Gasteiger partial charge in [-0.15, -0.1) is 0 Å². The summed E-state index contributed by atoms with van der Waals surface area (Å²) in [5.74, 6) is 0.716. The van der Waals surface area contributed by atoms with Crippen molar-refractivity contribution in [2.45, 2.75) is 25.8 Å². The third-order valence-electron chi connectivity index (χ3n) is 2.72. The minimum Gasteiger partial charge on any atom is -0.337 e. The van der Waals surface area contributed by atoms with E-state index in [4.69, 9.17) is 17.3 Å². The van der Waals surface area contributed by atoms with Crippen LogP contribution in [0.25, 0.3) is 0 Å². The summed E-state index contributed by atoms with van der Waals surface area (Å²) in [6.45, 7) is 3.54. The second-order valence-electron chi connectivity index (χ2n) is 3.86. The molecule has 82 valence electrons. The van der Waals surface area contributed by atoms with E-state index in [2.05, 4.69) is 14.9 Å². The van der Waals surface area contributed by atoms with Crippen LogP contribution < -0.4 is 10.6 Å². The lowest BCUT2D eigenvalue weighted by molar-refractivity contribution is 0.663. The van der Waals surface area contributed by atoms with Crippen molar-refractivity contribution in [3.8, 4) is 0 Å². The fourth-order valence-corrected chi connectivity index (χ4v) is 2.22. The van der Waals surface area contributed by atoms with Crippen LogP contribution >= 0.6 is 11.6 Å². The number of aromatic nitrogens is 2. The van der Waals surface area contributed by atoms with Crippen molar-refractivity contribution in [3.05, 3.63) is 16.9 Å². The Kier molecular flexibility index (Phi) is 3.07. The Morgan fingerprint density at radius 1 is 1.60 bits per heavy atom. The van der Waals surface area contributed by atoms with E-state index in [1.807, 2.05) is 6.92 Å². The number of anilines is 1. The van der Waals surface area contributed by atoms with E-state index in [-0.39, 0.29) is 0 Å². The van der Waals surface area contributed by atoms with Crippen molar-refractivity contribution < 1.29 is 0 Å². The normalized spacial score (nSPS) is 21.0. The molecule has 1 aliphatic heterocycles. The minimum absolute atomic E-state index is 0.364. The molecule has 15 heavy (non-hydrogen) atoms. The average molecular weight is 227 g/mol. The van der Waals surface area contributed by atoms with Gasteiger partial charge in [-0.1, -0.05) is 11.6 Å². The van der Waals surface area contributed by atoms with E-state index in [1.165, 1.54) is 0 Å². The van der Waals surface area contributed by atoms with Gasteiger partial charge in [0.15, 0.2) is 0 Å². The van der Waals surface area contributed by atoms with Crippen molar-refractivity contribution in [1.82, 2.24) is 9.97 Å². The van der Waals surface area contributed by atoms with Crippen LogP contribution in [0.1, 0.15) is 18.5 Å². The Morgan fingerprint density at radius 2 is 2.40 bits per heavy atom. The maximum Gasteiger partial charge on any atom is 0.227 e. The Balaban J connectivity index is 2.28. The third kappa shape index (κ3) is 2.21. The zero-order valence-corrected chi connectivity index (χ0v) is 9.54. The van der Waals surface area contributed by atoms with Crippen molar-refractivity contribution >= 4 is 17.5 Å². The molecule has 0 radical (unpaired) electrons. The van der Waals surface area contributed by atoms with Gasteiger partial charge in [-0.25, -0.2) is 9.97 Å². The van der Waals surface area contributed by atoms with Crippen LogP contribution in [0.4, 0.5) is 5.95 Å². The highest BCUT2D eigenvalue weighted by atomic mass is 35.5. The number of nitrogens with two attached hydrogens (primary N) is 1. The first-order chi connectivity index (χ1) is 7.20. The van der Waals surface area contributed by atoms with Gasteiger partial charge in [0.05, 0.1) is 0 Å². The van der Waals surface area contributed by atoms with E-state index < -0.39 is 0 Å². The maximum absolute atomic E-state index is 5.91. The van der Waals surface area contributed by atoms with Gasteiger partial charge >= 0.3 is 0 Å². The Morgan fingerprint density at radius 3 is 3.07 bits per heavy atom. The molecule has 2 rings (SSSR count). The predicted molar refractivity (Wildman–Crippen MR) is 61.2 cm³/mol. The Labute approximate surface area is 94.5 Å². The minimum atomic E-state index is 0.364. The molecule has 1 aromatic heterocycles. The number of hydrogen-bond acceptors (Lipinski definition) is 4. The van der Waals surface area contributed by atoms with Crippen molar-refractivity contribution in [3.63, 3.8) is 0 Å². The van der Waals surface area contributed by atoms with Crippen LogP contribution in [-0.2, 0) is 0 Å². The molecule has 0 amide bonds. The van der Waals surface area contributed by atoms with E-state index in [1.54, 1.807) is 6.07 Å². The molecular weight excluding hydrogens is 212 g/mol. The highest BCUT2D eigenvalue weighted by Crippen LogP contribution is 2.23. The van der Waals surface area contributed by atoms with E-state index in [0.29, 0.717) is 23.7 Å². The van der Waals surface area contributed by atoms with Crippen LogP contribution in [0.15, 0.2) is 6.07 Å². The number of halogens is 1. The average Bonchev–Trinajstić information content (AvgIpc) is 2.63. The molecule has 2 N–H and O–H groups in total. The van der Waals surface area contributed by atoms with Crippen molar-refractivity contribution in [2.24, 2.45) is 5.73 Å². The summed E-state index contributed by atoms with van der Waals surface area (Å²) >= 11 is 5.91. The summed E-state index contributed by atoms with van der Waals surface area (Å²) in [4.78, 5) is 10.8. The topological polar surface area (TPSA) is 55.0 Å². The summed E-state index contributed by atoms with van der Waals surface area (Å²) < 4.78 is 0. The Hall–Kier alpha value is -0.870. The highest BCUT2D eigenvalue weighted by Gasteiger charge is 2.25. The van der Waals surface area contributed by atoms with Gasteiger partial charge < -0.3 is 10.6 Å². The molecule has 0 saturated carbocycles. The maximum atomic E-state index is 5.91. The van der Waals surface area contributed by atoms with Gasteiger partial charge in [-0.2, -0.15) is 0 Å². The first kappa shape index (κ1) is 10.6. The molecule has 1 atom stereocenters. The van der Waals surface area contributed by atoms with Gasteiger partial charge in [0.1, 0.15) is 5.15 Å². The summed E-state index contributed by atoms with van der Waals surface area (Å²) in [6, 6.07) is 2.13. The van der Waals surface area contributed by atoms with Gasteiger partial charge in [0.25, 0.3) is 0 Å². The first-order valence-electron chi connectivity index (χ1n) is 5.18. The zero-order valence-electron chi connectivity index (χ0n) is 8.78. The molecule has 1 fully saturated rings. The Bertz CT molecular complexity index is 335. The molecule has 0 bridgehead atoms. The predicted octanol–water partition coefficient (Wildman–Crippen LogP) is 1.37. The molecule has 0 unspecified atom stereocenters. The number of aryl methyl sites for hydroxylation is 1. The number of nitrogens with zero attached hydrogens (tertiary/aromatic N) is 3. The smallest absolute Gasteiger partial charge is 0.227 e. The molecule has 0 aliphatic carbocycles. The van der Waals surface area contributed by atoms with Crippen molar-refractivity contribution in [2.75, 3.05) is 18.0 Å². The van der Waals surface area contributed by atoms with Crippen LogP contribution in [0, 0.1) is 6.92 Å². The van der Waals surface area contributed by atoms with Gasteiger partial charge in [-0.3, -0.25) is 0 Å². The largest absolute Gasteiger partial charge is 0.337 e. The monoisotopic (exact) mass is 226 g/mol. The third-order valence-corrected chi connectivity index (χ3v) is 2.91. The molecule has 1 aliphatic rings. The summed E-state index contributed by atoms with van der Waals surface area (Å²) in [5, 5.41) is 0.500. The summed E-state index contributed by atoms with van der Waals surface area (Å²) in [7, 11) is 0. The fraction of sp³-hybridized carbons (Fsp3) is 0.600. The first-order valence-corrected chi connectivity index (χ1v) is 5.56. The number of rotatable bonds is 2. The van der Waals surface area contributed by atoms with Crippen LogP contribution in [0.3, 0.4) is 0 Å². The second kappa shape index (κ2) is 4.33. The molecule has 4 nitrogen and oxygen atoms in total. The SMILES string of the molecule is Cc1cc(Cl)nc(N2CCC[C@@H]2CN)n1. The fourth-order valence-electron chi connectivity index (χ4n) is 1.99. The molecular formula is C10H15ClN4. The summed E-state index contributed by atoms with van der Waals surface area (Å²) in [6.07, 6.45) is 2.27. The van der Waals surface area contributed by atoms with E-state index in [0.717, 1.165) is 25.1 Å². The molecule has 1 saturated heterocycles. The van der Waals surface area contributed by atoms with E-state index in [9.17, 15) is 0 Å². The highest BCUT2D eigenvalue weighted by molar-refractivity contribution is 6.29. The quantitative estimate of drug-likeness (QED) is 0.774. The second-order valence-corrected chi connectivity index (χ2v) is 4.24. The number of hydrogen-bond donors (Lipinski definition) is 1. The van der Waals surface area contributed by atoms with Crippen LogP contribution in [0.5, 0.6) is 0 Å². The zero-order chi connectivity index (χ0) is 10.8. The lowest BCUT2D eigenvalue weighted by Crippen LogP contribution is -2.36. The standard InChI is InChI=1S/C10H15ClN4/c1-7-5-9(11)14-10(13-7)15-4-2-3-8(15)6-12/h5,8H,2-4,6,12H2,1H3/t8-/m1/s1. The lowest BCUT2D eigenvalue weighted by Gasteiger charge is -2.23. The van der Waals surface area contributed by atoms with Crippen LogP contribution in [0.2, 0.25) is 5.15 Å². The molecule has 1 aromatic rings. The lowest BCUT2D eigenvalue weighted by atomic mass is 10.2. The van der Waals surface area contributed by atoms with Crippen LogP contribution in [-0.4, -0.2) is 29.1 Å². The molecule has 5 heteroatoms.